The van der Waals surface area contributed by atoms with Gasteiger partial charge in [-0.1, -0.05) is 0 Å². The fourth-order valence-electron chi connectivity index (χ4n) is 4.86. The molecular formula is C18H31N3O2. The molecule has 3 fully saturated rings. The Labute approximate surface area is 140 Å². The maximum absolute atomic E-state index is 11.9. The Kier molecular flexibility index (Phi) is 5.24. The number of likely N-dealkylation sites (tertiary alicyclic amines) is 3. The second-order valence-corrected chi connectivity index (χ2v) is 7.58. The lowest BCUT2D eigenvalue weighted by Gasteiger charge is -2.38. The average Bonchev–Trinajstić information content (AvgIpc) is 3.15. The lowest BCUT2D eigenvalue weighted by Crippen LogP contribution is -2.49. The third kappa shape index (κ3) is 3.70. The molecular weight excluding hydrogens is 290 g/mol. The van der Waals surface area contributed by atoms with E-state index in [4.69, 9.17) is 0 Å². The molecule has 5 nitrogen and oxygen atoms in total. The van der Waals surface area contributed by atoms with Crippen molar-refractivity contribution >= 4 is 11.8 Å². The van der Waals surface area contributed by atoms with Gasteiger partial charge >= 0.3 is 0 Å². The van der Waals surface area contributed by atoms with Crippen molar-refractivity contribution in [3.8, 4) is 0 Å². The summed E-state index contributed by atoms with van der Waals surface area (Å²) in [6.07, 6.45) is 7.09. The van der Waals surface area contributed by atoms with Crippen molar-refractivity contribution in [3.05, 3.63) is 0 Å². The molecule has 23 heavy (non-hydrogen) atoms. The first-order valence-electron chi connectivity index (χ1n) is 9.33. The summed E-state index contributed by atoms with van der Waals surface area (Å²) >= 11 is 0. The first-order chi connectivity index (χ1) is 11.1. The molecule has 3 heterocycles. The van der Waals surface area contributed by atoms with Gasteiger partial charge in [-0.05, 0) is 51.0 Å². The van der Waals surface area contributed by atoms with Crippen LogP contribution in [0.1, 0.15) is 52.4 Å². The van der Waals surface area contributed by atoms with Crippen LogP contribution < -0.4 is 0 Å². The van der Waals surface area contributed by atoms with Crippen LogP contribution in [0.25, 0.3) is 0 Å². The Morgan fingerprint density at radius 1 is 0.826 bits per heavy atom. The molecule has 0 saturated carbocycles. The number of piperidine rings is 1. The minimum atomic E-state index is 0.213. The summed E-state index contributed by atoms with van der Waals surface area (Å²) < 4.78 is 0. The normalized spacial score (nSPS) is 30.2. The second kappa shape index (κ2) is 7.20. The van der Waals surface area contributed by atoms with E-state index >= 15 is 0 Å². The molecule has 3 saturated heterocycles. The van der Waals surface area contributed by atoms with E-state index in [1.165, 1.54) is 25.8 Å². The van der Waals surface area contributed by atoms with Crippen LogP contribution in [0, 0.1) is 5.92 Å². The highest BCUT2D eigenvalue weighted by Crippen LogP contribution is 2.31. The molecule has 0 aromatic rings. The van der Waals surface area contributed by atoms with Gasteiger partial charge in [0.25, 0.3) is 0 Å². The smallest absolute Gasteiger partial charge is 0.219 e. The molecule has 0 spiro atoms. The third-order valence-corrected chi connectivity index (χ3v) is 6.11. The van der Waals surface area contributed by atoms with Crippen molar-refractivity contribution in [3.63, 3.8) is 0 Å². The molecule has 0 N–H and O–H groups in total. The molecule has 5 heteroatoms. The summed E-state index contributed by atoms with van der Waals surface area (Å²) in [5, 5.41) is 0. The summed E-state index contributed by atoms with van der Waals surface area (Å²) in [4.78, 5) is 30.1. The number of rotatable bonds is 3. The van der Waals surface area contributed by atoms with Crippen molar-refractivity contribution in [2.75, 3.05) is 32.7 Å². The number of amides is 2. The fraction of sp³-hybridized carbons (Fsp3) is 0.889. The maximum atomic E-state index is 11.9. The van der Waals surface area contributed by atoms with Gasteiger partial charge in [0.05, 0.1) is 0 Å². The van der Waals surface area contributed by atoms with Crippen LogP contribution in [0.2, 0.25) is 0 Å². The lowest BCUT2D eigenvalue weighted by molar-refractivity contribution is -0.130. The van der Waals surface area contributed by atoms with Gasteiger partial charge in [0, 0.05) is 52.1 Å². The maximum Gasteiger partial charge on any atom is 0.219 e. The summed E-state index contributed by atoms with van der Waals surface area (Å²) in [5.74, 6) is 1.16. The van der Waals surface area contributed by atoms with Crippen LogP contribution in [0.15, 0.2) is 0 Å². The van der Waals surface area contributed by atoms with Gasteiger partial charge in [-0.25, -0.2) is 0 Å². The quantitative estimate of drug-likeness (QED) is 0.795. The van der Waals surface area contributed by atoms with Crippen molar-refractivity contribution in [1.29, 1.82) is 0 Å². The number of carbonyl (C=O) groups excluding carboxylic acids is 2. The highest BCUT2D eigenvalue weighted by molar-refractivity contribution is 5.74. The zero-order valence-electron chi connectivity index (χ0n) is 14.7. The Hall–Kier alpha value is -1.10. The Balaban J connectivity index is 1.55. The van der Waals surface area contributed by atoms with Gasteiger partial charge < -0.3 is 9.80 Å². The number of nitrogens with zero attached hydrogens (tertiary/aromatic N) is 3. The number of carbonyl (C=O) groups is 2. The second-order valence-electron chi connectivity index (χ2n) is 7.58. The molecule has 2 atom stereocenters. The van der Waals surface area contributed by atoms with Crippen LogP contribution in [-0.4, -0.2) is 71.3 Å². The lowest BCUT2D eigenvalue weighted by atomic mass is 9.95. The molecule has 0 bridgehead atoms. The summed E-state index contributed by atoms with van der Waals surface area (Å²) in [7, 11) is 0. The Bertz CT molecular complexity index is 446. The molecule has 3 aliphatic heterocycles. The molecule has 2 amide bonds. The predicted molar refractivity (Wildman–Crippen MR) is 90.0 cm³/mol. The number of hydrogen-bond acceptors (Lipinski definition) is 3. The van der Waals surface area contributed by atoms with E-state index in [0.717, 1.165) is 45.4 Å². The molecule has 0 aromatic carbocycles. The largest absolute Gasteiger partial charge is 0.343 e. The van der Waals surface area contributed by atoms with Crippen LogP contribution in [0.5, 0.6) is 0 Å². The van der Waals surface area contributed by atoms with Gasteiger partial charge in [0.1, 0.15) is 0 Å². The molecule has 0 radical (unpaired) electrons. The predicted octanol–water partition coefficient (Wildman–Crippen LogP) is 1.72. The van der Waals surface area contributed by atoms with Gasteiger partial charge in [0.2, 0.25) is 11.8 Å². The number of hydrogen-bond donors (Lipinski definition) is 0. The van der Waals surface area contributed by atoms with Gasteiger partial charge in [-0.15, -0.1) is 0 Å². The minimum absolute atomic E-state index is 0.213. The average molecular weight is 321 g/mol. The molecule has 0 unspecified atom stereocenters. The molecule has 130 valence electrons. The van der Waals surface area contributed by atoms with Crippen LogP contribution in [0.3, 0.4) is 0 Å². The topological polar surface area (TPSA) is 43.9 Å². The Morgan fingerprint density at radius 2 is 1.48 bits per heavy atom. The van der Waals surface area contributed by atoms with Gasteiger partial charge in [-0.3, -0.25) is 14.5 Å². The highest BCUT2D eigenvalue weighted by atomic mass is 16.2. The monoisotopic (exact) mass is 321 g/mol. The van der Waals surface area contributed by atoms with E-state index in [9.17, 15) is 9.59 Å². The van der Waals surface area contributed by atoms with Crippen molar-refractivity contribution < 1.29 is 9.59 Å². The summed E-state index contributed by atoms with van der Waals surface area (Å²) in [6.45, 7) is 8.51. The zero-order chi connectivity index (χ0) is 16.4. The standard InChI is InChI=1S/C18H31N3O2/c1-14(22)19-11-7-16(8-12-19)13-20-9-3-5-17(20)18-6-4-10-21(18)15(2)23/h16-18H,3-13H2,1-2H3/t17-,18+/m1/s1. The summed E-state index contributed by atoms with van der Waals surface area (Å²) in [6, 6.07) is 1.000. The first-order valence-corrected chi connectivity index (χ1v) is 9.33. The molecule has 3 rings (SSSR count). The van der Waals surface area contributed by atoms with Crippen LogP contribution in [-0.2, 0) is 9.59 Å². The van der Waals surface area contributed by atoms with Crippen LogP contribution in [0.4, 0.5) is 0 Å². The molecule has 0 aromatic heterocycles. The van der Waals surface area contributed by atoms with E-state index in [1.54, 1.807) is 13.8 Å². The van der Waals surface area contributed by atoms with E-state index in [1.807, 2.05) is 4.90 Å². The van der Waals surface area contributed by atoms with E-state index in [0.29, 0.717) is 18.0 Å². The highest BCUT2D eigenvalue weighted by Gasteiger charge is 2.39. The molecule has 0 aliphatic carbocycles. The first kappa shape index (κ1) is 16.7. The Morgan fingerprint density at radius 3 is 2.13 bits per heavy atom. The van der Waals surface area contributed by atoms with Gasteiger partial charge in [0.15, 0.2) is 0 Å². The summed E-state index contributed by atoms with van der Waals surface area (Å²) in [5.41, 5.74) is 0. The zero-order valence-corrected chi connectivity index (χ0v) is 14.7. The van der Waals surface area contributed by atoms with Crippen molar-refractivity contribution in [2.24, 2.45) is 5.92 Å². The minimum Gasteiger partial charge on any atom is -0.343 e. The third-order valence-electron chi connectivity index (χ3n) is 6.11. The van der Waals surface area contributed by atoms with E-state index in [-0.39, 0.29) is 11.8 Å². The van der Waals surface area contributed by atoms with Crippen molar-refractivity contribution in [1.82, 2.24) is 14.7 Å². The van der Waals surface area contributed by atoms with E-state index < -0.39 is 0 Å². The fourth-order valence-corrected chi connectivity index (χ4v) is 4.86. The van der Waals surface area contributed by atoms with E-state index in [2.05, 4.69) is 9.80 Å². The van der Waals surface area contributed by atoms with Crippen LogP contribution >= 0.6 is 0 Å². The van der Waals surface area contributed by atoms with Crippen molar-refractivity contribution in [2.45, 2.75) is 64.5 Å². The molecule has 3 aliphatic rings. The van der Waals surface area contributed by atoms with Gasteiger partial charge in [-0.2, -0.15) is 0 Å². The SMILES string of the molecule is CC(=O)N1CCC(CN2CCC[C@@H]2[C@@H]2CCCN2C(C)=O)CC1.